The maximum Gasteiger partial charge on any atom is 0.281 e. The van der Waals surface area contributed by atoms with Crippen molar-refractivity contribution >= 4 is 21.7 Å². The van der Waals surface area contributed by atoms with Crippen molar-refractivity contribution in [1.29, 1.82) is 0 Å². The first-order valence-electron chi connectivity index (χ1n) is 13.3. The lowest BCUT2D eigenvalue weighted by molar-refractivity contribution is 0.0977. The van der Waals surface area contributed by atoms with E-state index in [9.17, 15) is 13.2 Å². The molecule has 3 N–H and O–H groups in total. The van der Waals surface area contributed by atoms with Crippen LogP contribution in [0.4, 0.5) is 5.82 Å². The minimum Gasteiger partial charge on any atom is -0.438 e. The minimum atomic E-state index is -4.28. The van der Waals surface area contributed by atoms with Gasteiger partial charge in [-0.2, -0.15) is 8.42 Å². The predicted octanol–water partition coefficient (Wildman–Crippen LogP) is 5.61. The Hall–Kier alpha value is -3.46. The number of nitrogens with one attached hydrogen (secondary N) is 1. The highest BCUT2D eigenvalue weighted by atomic mass is 32.2. The molecule has 2 bridgehead atoms. The Morgan fingerprint density at radius 2 is 1.77 bits per heavy atom. The number of carbonyl (C=O) groups is 1. The fourth-order valence-electron chi connectivity index (χ4n) is 6.96. The second-order valence-electron chi connectivity index (χ2n) is 11.8. The van der Waals surface area contributed by atoms with E-state index in [4.69, 9.17) is 15.5 Å². The van der Waals surface area contributed by atoms with Crippen LogP contribution in [0.15, 0.2) is 47.5 Å². The number of aryl methyl sites for hydroxylation is 3. The summed E-state index contributed by atoms with van der Waals surface area (Å²) in [5, 5.41) is -0.343. The van der Waals surface area contributed by atoms with Crippen molar-refractivity contribution in [2.45, 2.75) is 71.2 Å². The van der Waals surface area contributed by atoms with E-state index in [0.717, 1.165) is 35.2 Å². The summed E-state index contributed by atoms with van der Waals surface area (Å²) >= 11 is 0. The average Bonchev–Trinajstić information content (AvgIpc) is 3.35. The third kappa shape index (κ3) is 4.46. The molecule has 4 atom stereocenters. The van der Waals surface area contributed by atoms with E-state index in [-0.39, 0.29) is 33.1 Å². The van der Waals surface area contributed by atoms with E-state index >= 15 is 0 Å². The third-order valence-electron chi connectivity index (χ3n) is 9.34. The second kappa shape index (κ2) is 9.33. The lowest BCUT2D eigenvalue weighted by atomic mass is 9.59. The van der Waals surface area contributed by atoms with Gasteiger partial charge in [0.15, 0.2) is 5.03 Å². The van der Waals surface area contributed by atoms with Crippen LogP contribution >= 0.6 is 0 Å². The quantitative estimate of drug-likeness (QED) is 0.410. The van der Waals surface area contributed by atoms with Crippen LogP contribution in [-0.2, 0) is 15.4 Å². The number of sulfonamides is 1. The number of anilines is 1. The molecule has 8 nitrogen and oxygen atoms in total. The summed E-state index contributed by atoms with van der Waals surface area (Å²) in [6.45, 7) is 12.8. The number of ether oxygens (including phenoxy) is 1. The molecule has 2 aromatic heterocycles. The number of nitrogen functional groups attached to an aromatic ring is 1. The molecule has 2 fully saturated rings. The Morgan fingerprint density at radius 3 is 2.38 bits per heavy atom. The van der Waals surface area contributed by atoms with Gasteiger partial charge in [-0.3, -0.25) is 4.79 Å². The van der Waals surface area contributed by atoms with Crippen molar-refractivity contribution in [2.75, 3.05) is 5.73 Å². The predicted molar refractivity (Wildman–Crippen MR) is 150 cm³/mol. The molecule has 3 aromatic rings. The fraction of sp³-hybridized carbons (Fsp3) is 0.433. The SMILES string of the molecule is Cc1cc(C)c(Oc2nc(C3(C)C(C)C4CCC3(C)C4)ccc2C(=O)NS(=O)(=O)c2cccc(N)n2)c(C)c1. The molecule has 2 aliphatic carbocycles. The normalized spacial score (nSPS) is 26.0. The van der Waals surface area contributed by atoms with Crippen molar-refractivity contribution in [3.05, 3.63) is 70.4 Å². The number of pyridine rings is 2. The van der Waals surface area contributed by atoms with Gasteiger partial charge < -0.3 is 10.5 Å². The van der Waals surface area contributed by atoms with Gasteiger partial charge in [0.2, 0.25) is 5.88 Å². The van der Waals surface area contributed by atoms with Crippen LogP contribution in [-0.4, -0.2) is 24.3 Å². The van der Waals surface area contributed by atoms with Crippen LogP contribution < -0.4 is 15.2 Å². The van der Waals surface area contributed by atoms with Crippen LogP contribution in [0.3, 0.4) is 0 Å². The Bertz CT molecular complexity index is 1560. The monoisotopic (exact) mass is 548 g/mol. The Labute approximate surface area is 230 Å². The van der Waals surface area contributed by atoms with E-state index in [2.05, 4.69) is 30.5 Å². The maximum atomic E-state index is 13.5. The molecule has 0 saturated heterocycles. The Morgan fingerprint density at radius 1 is 1.08 bits per heavy atom. The number of carbonyl (C=O) groups excluding carboxylic acids is 1. The molecule has 9 heteroatoms. The molecule has 0 aliphatic heterocycles. The van der Waals surface area contributed by atoms with Gasteiger partial charge in [-0.05, 0) is 92.7 Å². The van der Waals surface area contributed by atoms with Crippen molar-refractivity contribution in [2.24, 2.45) is 17.3 Å². The van der Waals surface area contributed by atoms with Gasteiger partial charge in [0.05, 0.1) is 5.69 Å². The molecular formula is C30H36N4O4S. The number of hydrogen-bond donors (Lipinski definition) is 2. The van der Waals surface area contributed by atoms with Gasteiger partial charge in [0, 0.05) is 5.41 Å². The van der Waals surface area contributed by atoms with Gasteiger partial charge in [-0.25, -0.2) is 14.7 Å². The first-order valence-corrected chi connectivity index (χ1v) is 14.8. The molecule has 1 amide bonds. The number of amides is 1. The van der Waals surface area contributed by atoms with Gasteiger partial charge in [-0.15, -0.1) is 0 Å². The molecule has 206 valence electrons. The van der Waals surface area contributed by atoms with E-state index < -0.39 is 15.9 Å². The molecule has 5 rings (SSSR count). The summed E-state index contributed by atoms with van der Waals surface area (Å²) in [6, 6.07) is 11.7. The van der Waals surface area contributed by atoms with Crippen LogP contribution in [0.5, 0.6) is 11.6 Å². The summed E-state index contributed by atoms with van der Waals surface area (Å²) in [5.74, 6) is 0.897. The number of nitrogens with two attached hydrogens (primary N) is 1. The topological polar surface area (TPSA) is 124 Å². The van der Waals surface area contributed by atoms with Gasteiger partial charge in [-0.1, -0.05) is 44.5 Å². The van der Waals surface area contributed by atoms with Crippen LogP contribution in [0, 0.1) is 38.0 Å². The lowest BCUT2D eigenvalue weighted by Crippen LogP contribution is -2.43. The number of hydrogen-bond acceptors (Lipinski definition) is 7. The van der Waals surface area contributed by atoms with Crippen LogP contribution in [0.25, 0.3) is 0 Å². The largest absolute Gasteiger partial charge is 0.438 e. The number of rotatable bonds is 6. The molecule has 4 unspecified atom stereocenters. The van der Waals surface area contributed by atoms with E-state index in [1.54, 1.807) is 6.07 Å². The van der Waals surface area contributed by atoms with E-state index in [0.29, 0.717) is 17.6 Å². The zero-order chi connectivity index (χ0) is 28.3. The molecule has 1 aromatic carbocycles. The van der Waals surface area contributed by atoms with Gasteiger partial charge in [0.25, 0.3) is 15.9 Å². The first kappa shape index (κ1) is 27.1. The zero-order valence-corrected chi connectivity index (χ0v) is 24.1. The highest BCUT2D eigenvalue weighted by Gasteiger charge is 2.62. The molecule has 0 spiro atoms. The van der Waals surface area contributed by atoms with Crippen LogP contribution in [0.2, 0.25) is 0 Å². The van der Waals surface area contributed by atoms with Gasteiger partial charge in [0.1, 0.15) is 17.1 Å². The van der Waals surface area contributed by atoms with E-state index in [1.807, 2.05) is 39.0 Å². The fourth-order valence-corrected chi connectivity index (χ4v) is 7.91. The minimum absolute atomic E-state index is 0.0233. The number of benzene rings is 1. The van der Waals surface area contributed by atoms with Gasteiger partial charge >= 0.3 is 0 Å². The summed E-state index contributed by atoms with van der Waals surface area (Å²) in [5.41, 5.74) is 9.31. The van der Waals surface area contributed by atoms with Crippen molar-refractivity contribution in [3.8, 4) is 11.6 Å². The Kier molecular flexibility index (Phi) is 6.49. The summed E-state index contributed by atoms with van der Waals surface area (Å²) in [6.07, 6.45) is 3.49. The molecule has 2 aliphatic rings. The van der Waals surface area contributed by atoms with Crippen molar-refractivity contribution in [1.82, 2.24) is 14.7 Å². The summed E-state index contributed by atoms with van der Waals surface area (Å²) in [7, 11) is -4.28. The van der Waals surface area contributed by atoms with Crippen LogP contribution in [0.1, 0.15) is 72.8 Å². The highest BCUT2D eigenvalue weighted by Crippen LogP contribution is 2.67. The second-order valence-corrected chi connectivity index (χ2v) is 13.4. The number of aromatic nitrogens is 2. The Balaban J connectivity index is 1.59. The molecular weight excluding hydrogens is 512 g/mol. The lowest BCUT2D eigenvalue weighted by Gasteiger charge is -2.46. The zero-order valence-electron chi connectivity index (χ0n) is 23.3. The molecule has 39 heavy (non-hydrogen) atoms. The number of fused-ring (bicyclic) bond motifs is 2. The first-order chi connectivity index (χ1) is 18.2. The third-order valence-corrected chi connectivity index (χ3v) is 10.6. The average molecular weight is 549 g/mol. The molecule has 0 radical (unpaired) electrons. The maximum absolute atomic E-state index is 13.5. The smallest absolute Gasteiger partial charge is 0.281 e. The standard InChI is InChI=1S/C30H36N4O4S/c1-17-14-18(2)26(19(3)15-17)38-28-22(27(35)34-39(36,37)25-9-7-8-24(31)33-25)10-11-23(32-28)30(6)20(4)21-12-13-29(30,5)16-21/h7-11,14-15,20-21H,12-13,16H2,1-6H3,(H2,31,33)(H,34,35). The number of nitrogens with zero attached hydrogens (tertiary/aromatic N) is 2. The summed E-state index contributed by atoms with van der Waals surface area (Å²) in [4.78, 5) is 22.3. The molecule has 2 heterocycles. The summed E-state index contributed by atoms with van der Waals surface area (Å²) < 4.78 is 34.4. The van der Waals surface area contributed by atoms with E-state index in [1.165, 1.54) is 24.6 Å². The van der Waals surface area contributed by atoms with Crippen molar-refractivity contribution < 1.29 is 17.9 Å². The highest BCUT2D eigenvalue weighted by molar-refractivity contribution is 7.90. The molecule has 2 saturated carbocycles. The van der Waals surface area contributed by atoms with Crippen molar-refractivity contribution in [3.63, 3.8) is 0 Å².